The number of carbonyl (C=O) groups excluding carboxylic acids is 2. The minimum atomic E-state index is -1.32. The molecule has 5 atom stereocenters. The Balaban J connectivity index is 2.88. The Morgan fingerprint density at radius 3 is 2.00 bits per heavy atom. The Hall–Kier alpha value is -1.18. The van der Waals surface area contributed by atoms with Crippen molar-refractivity contribution in [3.63, 3.8) is 0 Å². The van der Waals surface area contributed by atoms with Crippen LogP contribution in [0.25, 0.3) is 0 Å². The smallest absolute Gasteiger partial charge is 0.303 e. The van der Waals surface area contributed by atoms with Gasteiger partial charge in [-0.05, 0) is 6.92 Å². The maximum atomic E-state index is 11.0. The Kier molecular flexibility index (Phi) is 5.06. The van der Waals surface area contributed by atoms with Crippen LogP contribution < -0.4 is 0 Å². The van der Waals surface area contributed by atoms with Crippen molar-refractivity contribution in [3.05, 3.63) is 0 Å². The van der Waals surface area contributed by atoms with Gasteiger partial charge < -0.3 is 24.1 Å². The number of ether oxygens (including phenoxy) is 4. The molecule has 18 heavy (non-hydrogen) atoms. The fourth-order valence-corrected chi connectivity index (χ4v) is 1.93. The first kappa shape index (κ1) is 14.9. The van der Waals surface area contributed by atoms with Crippen molar-refractivity contribution >= 4 is 11.9 Å². The first-order chi connectivity index (χ1) is 8.36. The van der Waals surface area contributed by atoms with Crippen molar-refractivity contribution in [2.75, 3.05) is 7.11 Å². The van der Waals surface area contributed by atoms with Gasteiger partial charge >= 0.3 is 11.9 Å². The second kappa shape index (κ2) is 6.12. The average molecular weight is 262 g/mol. The van der Waals surface area contributed by atoms with Gasteiger partial charge in [-0.25, -0.2) is 0 Å². The number of carbonyl (C=O) groups is 2. The van der Waals surface area contributed by atoms with Crippen molar-refractivity contribution < 1.29 is 33.6 Å². The molecule has 0 aromatic heterocycles. The van der Waals surface area contributed by atoms with Gasteiger partial charge in [0.1, 0.15) is 6.10 Å². The largest absolute Gasteiger partial charge is 0.457 e. The highest BCUT2D eigenvalue weighted by Crippen LogP contribution is 2.26. The molecular weight excluding hydrogens is 244 g/mol. The number of rotatable bonds is 3. The van der Waals surface area contributed by atoms with E-state index in [2.05, 4.69) is 0 Å². The second-order valence-electron chi connectivity index (χ2n) is 4.08. The summed E-state index contributed by atoms with van der Waals surface area (Å²) < 4.78 is 20.3. The van der Waals surface area contributed by atoms with Crippen molar-refractivity contribution in [2.24, 2.45) is 0 Å². The molecule has 0 radical (unpaired) electrons. The molecule has 1 saturated heterocycles. The van der Waals surface area contributed by atoms with E-state index in [9.17, 15) is 14.7 Å². The van der Waals surface area contributed by atoms with Crippen LogP contribution in [0.15, 0.2) is 0 Å². The monoisotopic (exact) mass is 262 g/mol. The molecule has 0 spiro atoms. The lowest BCUT2D eigenvalue weighted by Crippen LogP contribution is -2.59. The summed E-state index contributed by atoms with van der Waals surface area (Å²) in [7, 11) is 1.38. The highest BCUT2D eigenvalue weighted by atomic mass is 16.7. The topological polar surface area (TPSA) is 91.3 Å². The van der Waals surface area contributed by atoms with Gasteiger partial charge in [0.2, 0.25) is 0 Å². The third-order valence-corrected chi connectivity index (χ3v) is 2.62. The molecule has 1 fully saturated rings. The summed E-state index contributed by atoms with van der Waals surface area (Å²) in [6.07, 6.45) is -4.45. The van der Waals surface area contributed by atoms with Crippen molar-refractivity contribution in [1.29, 1.82) is 0 Å². The van der Waals surface area contributed by atoms with Crippen LogP contribution in [0.3, 0.4) is 0 Å². The predicted molar refractivity (Wildman–Crippen MR) is 58.5 cm³/mol. The van der Waals surface area contributed by atoms with Crippen molar-refractivity contribution in [1.82, 2.24) is 0 Å². The quantitative estimate of drug-likeness (QED) is 0.692. The van der Waals surface area contributed by atoms with Gasteiger partial charge in [-0.3, -0.25) is 9.59 Å². The Morgan fingerprint density at radius 2 is 1.56 bits per heavy atom. The lowest BCUT2D eigenvalue weighted by atomic mass is 9.99. The van der Waals surface area contributed by atoms with E-state index in [4.69, 9.17) is 18.9 Å². The molecule has 104 valence electrons. The molecule has 1 N–H and O–H groups in total. The average Bonchev–Trinajstić information content (AvgIpc) is 2.24. The highest BCUT2D eigenvalue weighted by Gasteiger charge is 2.47. The van der Waals surface area contributed by atoms with E-state index in [1.54, 1.807) is 6.92 Å². The molecular formula is C11H18O7. The van der Waals surface area contributed by atoms with Crippen molar-refractivity contribution in [3.8, 4) is 0 Å². The van der Waals surface area contributed by atoms with Gasteiger partial charge in [-0.2, -0.15) is 0 Å². The lowest BCUT2D eigenvalue weighted by Gasteiger charge is -2.41. The van der Waals surface area contributed by atoms with Crippen LogP contribution in [-0.4, -0.2) is 54.9 Å². The predicted octanol–water partition coefficient (Wildman–Crippen LogP) is -0.398. The summed E-state index contributed by atoms with van der Waals surface area (Å²) in [6.45, 7) is 4.09. The molecule has 7 nitrogen and oxygen atoms in total. The second-order valence-corrected chi connectivity index (χ2v) is 4.08. The van der Waals surface area contributed by atoms with E-state index in [1.807, 2.05) is 0 Å². The van der Waals surface area contributed by atoms with Crippen LogP contribution in [0, 0.1) is 0 Å². The summed E-state index contributed by atoms with van der Waals surface area (Å²) in [5.74, 6) is -1.09. The van der Waals surface area contributed by atoms with Crippen LogP contribution in [0.5, 0.6) is 0 Å². The summed E-state index contributed by atoms with van der Waals surface area (Å²) in [5, 5.41) is 9.72. The zero-order chi connectivity index (χ0) is 13.9. The lowest BCUT2D eigenvalue weighted by molar-refractivity contribution is -0.289. The van der Waals surface area contributed by atoms with Gasteiger partial charge in [0.25, 0.3) is 0 Å². The normalized spacial score (nSPS) is 35.9. The number of methoxy groups -OCH3 is 1. The van der Waals surface area contributed by atoms with Gasteiger partial charge in [0, 0.05) is 21.0 Å². The van der Waals surface area contributed by atoms with E-state index in [0.29, 0.717) is 0 Å². The SMILES string of the molecule is CO[C@H]1[C@@H](OC(C)=O)[C@@H](C)OC(O)[C@@H]1OC(C)=O. The third-order valence-electron chi connectivity index (χ3n) is 2.62. The standard InChI is InChI=1S/C11H18O7/c1-5-8(17-6(2)12)9(15-4)10(11(14)16-5)18-7(3)13/h5,8-11,14H,1-4H3/t5-,8+,9+,10-,11?/m1/s1. The van der Waals surface area contributed by atoms with E-state index in [0.717, 1.165) is 0 Å². The molecule has 1 aliphatic rings. The fraction of sp³-hybridized carbons (Fsp3) is 0.818. The summed E-state index contributed by atoms with van der Waals surface area (Å²) in [6, 6.07) is 0. The van der Waals surface area contributed by atoms with Gasteiger partial charge in [-0.1, -0.05) is 0 Å². The molecule has 1 heterocycles. The van der Waals surface area contributed by atoms with Gasteiger partial charge in [-0.15, -0.1) is 0 Å². The van der Waals surface area contributed by atoms with E-state index < -0.39 is 42.6 Å². The molecule has 1 unspecified atom stereocenters. The van der Waals surface area contributed by atoms with Crippen LogP contribution in [0.4, 0.5) is 0 Å². The summed E-state index contributed by atoms with van der Waals surface area (Å²) >= 11 is 0. The fourth-order valence-electron chi connectivity index (χ4n) is 1.93. The Bertz CT molecular complexity index is 289. The molecule has 0 aromatic carbocycles. The number of aliphatic hydroxyl groups excluding tert-OH is 1. The minimum absolute atomic E-state index is 0.504. The summed E-state index contributed by atoms with van der Waals surface area (Å²) in [5.41, 5.74) is 0. The molecule has 1 rings (SSSR count). The highest BCUT2D eigenvalue weighted by molar-refractivity contribution is 5.67. The number of aliphatic hydroxyl groups is 1. The van der Waals surface area contributed by atoms with Gasteiger partial charge in [0.05, 0.1) is 6.10 Å². The van der Waals surface area contributed by atoms with Crippen LogP contribution in [0.1, 0.15) is 20.8 Å². The van der Waals surface area contributed by atoms with Crippen LogP contribution in [-0.2, 0) is 28.5 Å². The van der Waals surface area contributed by atoms with Crippen molar-refractivity contribution in [2.45, 2.75) is 51.5 Å². The molecule has 0 aliphatic carbocycles. The molecule has 7 heteroatoms. The number of hydrogen-bond acceptors (Lipinski definition) is 7. The first-order valence-corrected chi connectivity index (χ1v) is 5.57. The zero-order valence-electron chi connectivity index (χ0n) is 10.8. The molecule has 0 saturated carbocycles. The first-order valence-electron chi connectivity index (χ1n) is 5.57. The zero-order valence-corrected chi connectivity index (χ0v) is 10.8. The maximum Gasteiger partial charge on any atom is 0.303 e. The Morgan fingerprint density at radius 1 is 1.06 bits per heavy atom. The van der Waals surface area contributed by atoms with Crippen LogP contribution in [0.2, 0.25) is 0 Å². The number of hydrogen-bond donors (Lipinski definition) is 1. The number of esters is 2. The maximum absolute atomic E-state index is 11.0. The van der Waals surface area contributed by atoms with E-state index in [1.165, 1.54) is 21.0 Å². The van der Waals surface area contributed by atoms with E-state index >= 15 is 0 Å². The van der Waals surface area contributed by atoms with Gasteiger partial charge in [0.15, 0.2) is 18.5 Å². The van der Waals surface area contributed by atoms with E-state index in [-0.39, 0.29) is 0 Å². The summed E-state index contributed by atoms with van der Waals surface area (Å²) in [4.78, 5) is 22.0. The molecule has 0 bridgehead atoms. The molecule has 0 aromatic rings. The van der Waals surface area contributed by atoms with Crippen LogP contribution >= 0.6 is 0 Å². The minimum Gasteiger partial charge on any atom is -0.457 e. The third kappa shape index (κ3) is 3.41. The molecule has 0 amide bonds. The Labute approximate surface area is 105 Å². The molecule has 1 aliphatic heterocycles.